The Kier molecular flexibility index (Phi) is 2.77. The van der Waals surface area contributed by atoms with E-state index in [-0.39, 0.29) is 12.6 Å². The zero-order valence-corrected chi connectivity index (χ0v) is 8.30. The largest absolute Gasteiger partial charge is 0.443 e. The molecule has 0 saturated carbocycles. The van der Waals surface area contributed by atoms with Gasteiger partial charge in [0.1, 0.15) is 6.10 Å². The second-order valence-corrected chi connectivity index (χ2v) is 4.84. The van der Waals surface area contributed by atoms with E-state index in [0.717, 1.165) is 6.26 Å². The number of hydrogen-bond donors (Lipinski definition) is 1. The number of ether oxygens (including phenoxy) is 1. The van der Waals surface area contributed by atoms with Crippen molar-refractivity contribution in [3.8, 4) is 0 Å². The van der Waals surface area contributed by atoms with Crippen LogP contribution in [-0.4, -0.2) is 51.9 Å². The van der Waals surface area contributed by atoms with Gasteiger partial charge in [0.15, 0.2) is 0 Å². The molecule has 0 aromatic rings. The third kappa shape index (κ3) is 3.19. The minimum Gasteiger partial charge on any atom is -0.443 e. The van der Waals surface area contributed by atoms with Crippen LogP contribution in [0.4, 0.5) is 4.79 Å². The van der Waals surface area contributed by atoms with Gasteiger partial charge in [0.05, 0.1) is 12.8 Å². The molecule has 0 radical (unpaired) electrons. The van der Waals surface area contributed by atoms with Crippen LogP contribution in [0.5, 0.6) is 0 Å². The summed E-state index contributed by atoms with van der Waals surface area (Å²) in [5.41, 5.74) is 0. The third-order valence-electron chi connectivity index (χ3n) is 1.63. The summed E-state index contributed by atoms with van der Waals surface area (Å²) >= 11 is 0. The maximum Gasteiger partial charge on any atom is 0.410 e. The van der Waals surface area contributed by atoms with Gasteiger partial charge in [-0.05, 0) is 0 Å². The zero-order valence-electron chi connectivity index (χ0n) is 7.48. The van der Waals surface area contributed by atoms with Crippen LogP contribution in [0.3, 0.4) is 0 Å². The van der Waals surface area contributed by atoms with Gasteiger partial charge in [-0.15, -0.1) is 0 Å². The summed E-state index contributed by atoms with van der Waals surface area (Å²) in [6, 6.07) is 0. The molecular weight excluding hydrogens is 196 g/mol. The summed E-state index contributed by atoms with van der Waals surface area (Å²) in [6.45, 7) is 0.552. The molecule has 1 aliphatic rings. The molecule has 0 bridgehead atoms. The number of cyclic esters (lactones) is 1. The van der Waals surface area contributed by atoms with Crippen LogP contribution in [0.25, 0.3) is 0 Å². The summed E-state index contributed by atoms with van der Waals surface area (Å²) in [4.78, 5) is 12.2. The van der Waals surface area contributed by atoms with Gasteiger partial charge < -0.3 is 9.64 Å². The van der Waals surface area contributed by atoms with Crippen molar-refractivity contribution in [1.82, 2.24) is 9.62 Å². The van der Waals surface area contributed by atoms with Crippen molar-refractivity contribution in [2.75, 3.05) is 26.4 Å². The van der Waals surface area contributed by atoms with E-state index in [2.05, 4.69) is 4.72 Å². The molecule has 1 heterocycles. The predicted molar refractivity (Wildman–Crippen MR) is 45.7 cm³/mol. The van der Waals surface area contributed by atoms with Crippen molar-refractivity contribution < 1.29 is 17.9 Å². The molecule has 1 saturated heterocycles. The van der Waals surface area contributed by atoms with Crippen molar-refractivity contribution in [1.29, 1.82) is 0 Å². The van der Waals surface area contributed by atoms with Crippen molar-refractivity contribution >= 4 is 16.1 Å². The molecule has 1 unspecified atom stereocenters. The summed E-state index contributed by atoms with van der Waals surface area (Å²) < 4.78 is 28.5. The first-order valence-corrected chi connectivity index (χ1v) is 5.64. The SMILES string of the molecule is CN1CC(CNS(C)(=O)=O)OC1=O. The molecule has 1 rings (SSSR count). The average molecular weight is 208 g/mol. The number of nitrogens with zero attached hydrogens (tertiary/aromatic N) is 1. The van der Waals surface area contributed by atoms with E-state index in [4.69, 9.17) is 4.74 Å². The fourth-order valence-corrected chi connectivity index (χ4v) is 1.49. The predicted octanol–water partition coefficient (Wildman–Crippen LogP) is -1.01. The van der Waals surface area contributed by atoms with Crippen LogP contribution < -0.4 is 4.72 Å². The molecule has 1 N–H and O–H groups in total. The quantitative estimate of drug-likeness (QED) is 0.644. The van der Waals surface area contributed by atoms with Gasteiger partial charge in [-0.1, -0.05) is 0 Å². The molecule has 0 aromatic heterocycles. The summed E-state index contributed by atoms with van der Waals surface area (Å²) in [5.74, 6) is 0. The second kappa shape index (κ2) is 3.51. The van der Waals surface area contributed by atoms with Crippen molar-refractivity contribution in [3.63, 3.8) is 0 Å². The maximum absolute atomic E-state index is 10.8. The highest BCUT2D eigenvalue weighted by Gasteiger charge is 2.28. The number of hydrogen-bond acceptors (Lipinski definition) is 4. The Morgan fingerprint density at radius 3 is 2.69 bits per heavy atom. The van der Waals surface area contributed by atoms with E-state index in [1.807, 2.05) is 0 Å². The van der Waals surface area contributed by atoms with Crippen LogP contribution in [0.2, 0.25) is 0 Å². The van der Waals surface area contributed by atoms with Gasteiger partial charge in [-0.25, -0.2) is 17.9 Å². The monoisotopic (exact) mass is 208 g/mol. The molecule has 6 nitrogen and oxygen atoms in total. The van der Waals surface area contributed by atoms with E-state index >= 15 is 0 Å². The standard InChI is InChI=1S/C6H12N2O4S/c1-8-4-5(12-6(8)9)3-7-13(2,10)11/h5,7H,3-4H2,1-2H3. The van der Waals surface area contributed by atoms with Crippen LogP contribution in [0.1, 0.15) is 0 Å². The Balaban J connectivity index is 2.37. The van der Waals surface area contributed by atoms with Gasteiger partial charge in [-0.2, -0.15) is 0 Å². The lowest BCUT2D eigenvalue weighted by molar-refractivity contribution is 0.135. The number of sulfonamides is 1. The molecule has 13 heavy (non-hydrogen) atoms. The Bertz CT molecular complexity index is 300. The van der Waals surface area contributed by atoms with Crippen molar-refractivity contribution in [2.24, 2.45) is 0 Å². The van der Waals surface area contributed by atoms with E-state index in [1.54, 1.807) is 7.05 Å². The first-order valence-electron chi connectivity index (χ1n) is 3.75. The number of rotatable bonds is 3. The fraction of sp³-hybridized carbons (Fsp3) is 0.833. The number of amides is 1. The highest BCUT2D eigenvalue weighted by Crippen LogP contribution is 2.07. The Hall–Kier alpha value is -0.820. The topological polar surface area (TPSA) is 75.7 Å². The highest BCUT2D eigenvalue weighted by molar-refractivity contribution is 7.88. The third-order valence-corrected chi connectivity index (χ3v) is 2.32. The van der Waals surface area contributed by atoms with E-state index < -0.39 is 16.1 Å². The van der Waals surface area contributed by atoms with Crippen molar-refractivity contribution in [2.45, 2.75) is 6.10 Å². The fourth-order valence-electron chi connectivity index (χ4n) is 1.00. The smallest absolute Gasteiger partial charge is 0.410 e. The first-order chi connectivity index (χ1) is 5.88. The second-order valence-electron chi connectivity index (χ2n) is 3.01. The lowest BCUT2D eigenvalue weighted by Gasteiger charge is -2.07. The molecule has 1 fully saturated rings. The molecule has 0 aromatic carbocycles. The molecule has 0 spiro atoms. The van der Waals surface area contributed by atoms with Gasteiger partial charge in [0, 0.05) is 13.6 Å². The number of likely N-dealkylation sites (N-methyl/N-ethyl adjacent to an activating group) is 1. The number of nitrogens with one attached hydrogen (secondary N) is 1. The Morgan fingerprint density at radius 2 is 2.31 bits per heavy atom. The van der Waals surface area contributed by atoms with Crippen LogP contribution in [-0.2, 0) is 14.8 Å². The Labute approximate surface area is 76.9 Å². The molecule has 0 aliphatic carbocycles. The molecule has 76 valence electrons. The molecule has 1 amide bonds. The van der Waals surface area contributed by atoms with Gasteiger partial charge >= 0.3 is 6.09 Å². The van der Waals surface area contributed by atoms with Gasteiger partial charge in [0.25, 0.3) is 0 Å². The van der Waals surface area contributed by atoms with Crippen LogP contribution in [0.15, 0.2) is 0 Å². The van der Waals surface area contributed by atoms with Crippen LogP contribution in [0, 0.1) is 0 Å². The zero-order chi connectivity index (χ0) is 10.1. The lowest BCUT2D eigenvalue weighted by atomic mass is 10.4. The van der Waals surface area contributed by atoms with Gasteiger partial charge in [-0.3, -0.25) is 0 Å². The molecule has 7 heteroatoms. The van der Waals surface area contributed by atoms with E-state index in [9.17, 15) is 13.2 Å². The molecule has 1 atom stereocenters. The minimum absolute atomic E-state index is 0.134. The molecular formula is C6H12N2O4S. The van der Waals surface area contributed by atoms with E-state index in [0.29, 0.717) is 6.54 Å². The average Bonchev–Trinajstić information content (AvgIpc) is 2.27. The summed E-state index contributed by atoms with van der Waals surface area (Å²) in [6.07, 6.45) is 0.264. The Morgan fingerprint density at radius 1 is 1.69 bits per heavy atom. The maximum atomic E-state index is 10.8. The summed E-state index contributed by atoms with van der Waals surface area (Å²) in [7, 11) is -1.61. The van der Waals surface area contributed by atoms with Crippen LogP contribution >= 0.6 is 0 Å². The first kappa shape index (κ1) is 10.3. The number of carbonyl (C=O) groups is 1. The normalized spacial score (nSPS) is 23.4. The molecule has 1 aliphatic heterocycles. The van der Waals surface area contributed by atoms with Gasteiger partial charge in [0.2, 0.25) is 10.0 Å². The number of carbonyl (C=O) groups excluding carboxylic acids is 1. The minimum atomic E-state index is -3.21. The van der Waals surface area contributed by atoms with Crippen molar-refractivity contribution in [3.05, 3.63) is 0 Å². The van der Waals surface area contributed by atoms with E-state index in [1.165, 1.54) is 4.90 Å². The highest BCUT2D eigenvalue weighted by atomic mass is 32.2. The summed E-state index contributed by atoms with van der Waals surface area (Å²) in [5, 5.41) is 0. The lowest BCUT2D eigenvalue weighted by Crippen LogP contribution is -2.33.